The molecule has 0 amide bonds. The minimum absolute atomic E-state index is 1.01. The SMILES string of the molecule is CN1CCN(c2n[nH]c3cnc4ccccc4c23)CC1. The van der Waals surface area contributed by atoms with E-state index in [2.05, 4.69) is 50.2 Å². The number of nitrogens with zero attached hydrogens (tertiary/aromatic N) is 4. The fourth-order valence-electron chi connectivity index (χ4n) is 2.88. The fraction of sp³-hybridized carbons (Fsp3) is 0.333. The number of aromatic nitrogens is 3. The summed E-state index contributed by atoms with van der Waals surface area (Å²) in [5.41, 5.74) is 2.04. The molecule has 0 unspecified atom stereocenters. The van der Waals surface area contributed by atoms with Gasteiger partial charge in [0.1, 0.15) is 0 Å². The number of aromatic amines is 1. The number of nitrogens with one attached hydrogen (secondary N) is 1. The van der Waals surface area contributed by atoms with Crippen LogP contribution in [0.1, 0.15) is 0 Å². The Kier molecular flexibility index (Phi) is 2.60. The Morgan fingerprint density at radius 2 is 1.90 bits per heavy atom. The third-order valence-electron chi connectivity index (χ3n) is 4.08. The Bertz CT molecular complexity index is 755. The highest BCUT2D eigenvalue weighted by atomic mass is 15.3. The Balaban J connectivity index is 1.89. The molecule has 102 valence electrons. The maximum Gasteiger partial charge on any atom is 0.159 e. The molecule has 4 rings (SSSR count). The number of rotatable bonds is 1. The van der Waals surface area contributed by atoms with E-state index in [9.17, 15) is 0 Å². The molecule has 1 saturated heterocycles. The van der Waals surface area contributed by atoms with Crippen LogP contribution in [0.3, 0.4) is 0 Å². The summed E-state index contributed by atoms with van der Waals surface area (Å²) in [4.78, 5) is 9.20. The molecule has 1 fully saturated rings. The van der Waals surface area contributed by atoms with Gasteiger partial charge in [0.05, 0.1) is 22.6 Å². The molecule has 3 heterocycles. The fourth-order valence-corrected chi connectivity index (χ4v) is 2.88. The number of para-hydroxylation sites is 1. The number of hydrogen-bond acceptors (Lipinski definition) is 4. The van der Waals surface area contributed by atoms with Crippen LogP contribution in [0.15, 0.2) is 30.5 Å². The summed E-state index contributed by atoms with van der Waals surface area (Å²) in [6.45, 7) is 4.20. The average molecular weight is 267 g/mol. The lowest BCUT2D eigenvalue weighted by molar-refractivity contribution is 0.312. The van der Waals surface area contributed by atoms with Gasteiger partial charge in [0.15, 0.2) is 5.82 Å². The van der Waals surface area contributed by atoms with Crippen LogP contribution in [-0.4, -0.2) is 53.3 Å². The van der Waals surface area contributed by atoms with Crippen LogP contribution in [0.5, 0.6) is 0 Å². The van der Waals surface area contributed by atoms with Crippen molar-refractivity contribution in [3.63, 3.8) is 0 Å². The molecule has 5 heteroatoms. The summed E-state index contributed by atoms with van der Waals surface area (Å²) in [5.74, 6) is 1.06. The lowest BCUT2D eigenvalue weighted by Crippen LogP contribution is -2.44. The molecule has 1 aliphatic rings. The van der Waals surface area contributed by atoms with E-state index in [-0.39, 0.29) is 0 Å². The van der Waals surface area contributed by atoms with Crippen LogP contribution >= 0.6 is 0 Å². The van der Waals surface area contributed by atoms with Gasteiger partial charge in [-0.2, -0.15) is 5.10 Å². The summed E-state index contributed by atoms with van der Waals surface area (Å²) in [7, 11) is 2.17. The maximum atomic E-state index is 4.54. The quantitative estimate of drug-likeness (QED) is 0.731. The van der Waals surface area contributed by atoms with Crippen LogP contribution < -0.4 is 4.90 Å². The second-order valence-electron chi connectivity index (χ2n) is 5.40. The molecule has 3 aromatic rings. The number of benzene rings is 1. The van der Waals surface area contributed by atoms with Crippen molar-refractivity contribution in [2.45, 2.75) is 0 Å². The van der Waals surface area contributed by atoms with E-state index >= 15 is 0 Å². The molecule has 2 aromatic heterocycles. The Morgan fingerprint density at radius 1 is 1.10 bits per heavy atom. The average Bonchev–Trinajstić information content (AvgIpc) is 2.92. The van der Waals surface area contributed by atoms with E-state index in [4.69, 9.17) is 0 Å². The summed E-state index contributed by atoms with van der Waals surface area (Å²) >= 11 is 0. The predicted molar refractivity (Wildman–Crippen MR) is 81.1 cm³/mol. The number of fused-ring (bicyclic) bond motifs is 3. The zero-order valence-corrected chi connectivity index (χ0v) is 11.5. The number of H-pyrrole nitrogens is 1. The van der Waals surface area contributed by atoms with Gasteiger partial charge < -0.3 is 9.80 Å². The molecule has 0 saturated carbocycles. The first-order valence-corrected chi connectivity index (χ1v) is 6.98. The number of anilines is 1. The van der Waals surface area contributed by atoms with E-state index in [1.807, 2.05) is 12.3 Å². The van der Waals surface area contributed by atoms with Crippen molar-refractivity contribution in [1.82, 2.24) is 20.1 Å². The zero-order valence-electron chi connectivity index (χ0n) is 11.5. The molecule has 0 radical (unpaired) electrons. The first kappa shape index (κ1) is 11.7. The summed E-state index contributed by atoms with van der Waals surface area (Å²) < 4.78 is 0. The topological polar surface area (TPSA) is 48.0 Å². The van der Waals surface area contributed by atoms with Gasteiger partial charge in [-0.05, 0) is 13.1 Å². The maximum absolute atomic E-state index is 4.54. The molecular formula is C15H17N5. The minimum Gasteiger partial charge on any atom is -0.352 e. The number of piperazine rings is 1. The third kappa shape index (κ3) is 1.74. The van der Waals surface area contributed by atoms with Gasteiger partial charge in [-0.3, -0.25) is 10.1 Å². The Hall–Kier alpha value is -2.14. The van der Waals surface area contributed by atoms with Gasteiger partial charge in [-0.25, -0.2) is 0 Å². The molecule has 20 heavy (non-hydrogen) atoms. The van der Waals surface area contributed by atoms with Gasteiger partial charge in [-0.15, -0.1) is 0 Å². The van der Waals surface area contributed by atoms with Crippen molar-refractivity contribution in [2.75, 3.05) is 38.1 Å². The molecule has 0 aliphatic carbocycles. The van der Waals surface area contributed by atoms with Crippen molar-refractivity contribution >= 4 is 27.6 Å². The lowest BCUT2D eigenvalue weighted by Gasteiger charge is -2.32. The molecule has 0 bridgehead atoms. The molecule has 1 N–H and O–H groups in total. The summed E-state index contributed by atoms with van der Waals surface area (Å²) in [6, 6.07) is 8.26. The highest BCUT2D eigenvalue weighted by molar-refractivity contribution is 6.10. The smallest absolute Gasteiger partial charge is 0.159 e. The van der Waals surface area contributed by atoms with Gasteiger partial charge >= 0.3 is 0 Å². The van der Waals surface area contributed by atoms with Crippen molar-refractivity contribution in [2.24, 2.45) is 0 Å². The normalized spacial score (nSPS) is 17.1. The van der Waals surface area contributed by atoms with Gasteiger partial charge in [0.2, 0.25) is 0 Å². The van der Waals surface area contributed by atoms with Crippen LogP contribution in [0.4, 0.5) is 5.82 Å². The first-order valence-electron chi connectivity index (χ1n) is 6.98. The standard InChI is InChI=1S/C15H17N5/c1-19-6-8-20(9-7-19)15-14-11-4-2-3-5-12(11)16-10-13(14)17-18-15/h2-5,10H,6-9H2,1H3,(H,17,18). The van der Waals surface area contributed by atoms with Crippen LogP contribution in [0, 0.1) is 0 Å². The van der Waals surface area contributed by atoms with Crippen LogP contribution in [0.2, 0.25) is 0 Å². The van der Waals surface area contributed by atoms with Crippen molar-refractivity contribution in [3.8, 4) is 0 Å². The third-order valence-corrected chi connectivity index (χ3v) is 4.08. The van der Waals surface area contributed by atoms with Crippen LogP contribution in [0.25, 0.3) is 21.8 Å². The van der Waals surface area contributed by atoms with Gasteiger partial charge in [-0.1, -0.05) is 18.2 Å². The molecule has 0 spiro atoms. The zero-order chi connectivity index (χ0) is 13.5. The number of hydrogen-bond donors (Lipinski definition) is 1. The molecule has 1 aliphatic heterocycles. The molecule has 5 nitrogen and oxygen atoms in total. The van der Waals surface area contributed by atoms with E-state index in [0.29, 0.717) is 0 Å². The molecular weight excluding hydrogens is 250 g/mol. The van der Waals surface area contributed by atoms with E-state index in [1.54, 1.807) is 0 Å². The number of pyridine rings is 1. The van der Waals surface area contributed by atoms with E-state index in [0.717, 1.165) is 43.0 Å². The van der Waals surface area contributed by atoms with Gasteiger partial charge in [0, 0.05) is 31.6 Å². The largest absolute Gasteiger partial charge is 0.352 e. The van der Waals surface area contributed by atoms with Crippen LogP contribution in [-0.2, 0) is 0 Å². The molecule has 0 atom stereocenters. The predicted octanol–water partition coefficient (Wildman–Crippen LogP) is 1.86. The Morgan fingerprint density at radius 3 is 2.75 bits per heavy atom. The van der Waals surface area contributed by atoms with Gasteiger partial charge in [0.25, 0.3) is 0 Å². The first-order chi connectivity index (χ1) is 9.83. The second kappa shape index (κ2) is 4.45. The van der Waals surface area contributed by atoms with Crippen molar-refractivity contribution in [1.29, 1.82) is 0 Å². The van der Waals surface area contributed by atoms with Crippen molar-refractivity contribution < 1.29 is 0 Å². The second-order valence-corrected chi connectivity index (χ2v) is 5.40. The van der Waals surface area contributed by atoms with E-state index in [1.165, 1.54) is 10.8 Å². The summed E-state index contributed by atoms with van der Waals surface area (Å²) in [6.07, 6.45) is 1.88. The lowest BCUT2D eigenvalue weighted by atomic mass is 10.1. The monoisotopic (exact) mass is 267 g/mol. The Labute approximate surface area is 117 Å². The molecule has 1 aromatic carbocycles. The summed E-state index contributed by atoms with van der Waals surface area (Å²) in [5, 5.41) is 10.0. The number of likely N-dealkylation sites (N-methyl/N-ethyl adjacent to an activating group) is 1. The van der Waals surface area contributed by atoms with Crippen molar-refractivity contribution in [3.05, 3.63) is 30.5 Å². The highest BCUT2D eigenvalue weighted by Gasteiger charge is 2.20. The highest BCUT2D eigenvalue weighted by Crippen LogP contribution is 2.30. The minimum atomic E-state index is 1.01. The van der Waals surface area contributed by atoms with E-state index < -0.39 is 0 Å².